The minimum atomic E-state index is -0.894. The molecule has 0 unspecified atom stereocenters. The standard InChI is InChI=1S/C14H18FNO3/c1-10-9-12(15)6-5-11(10)7-8-16-13(17)3-2-4-14(18)19/h5-6,9H,2-4,7-8H2,1H3,(H,16,17)(H,18,19). The summed E-state index contributed by atoms with van der Waals surface area (Å²) >= 11 is 0. The number of halogens is 1. The monoisotopic (exact) mass is 267 g/mol. The number of aryl methyl sites for hydroxylation is 1. The lowest BCUT2D eigenvalue weighted by Gasteiger charge is -2.07. The van der Waals surface area contributed by atoms with Crippen molar-refractivity contribution in [3.05, 3.63) is 35.1 Å². The van der Waals surface area contributed by atoms with Crippen LogP contribution < -0.4 is 5.32 Å². The number of rotatable bonds is 7. The second-order valence-electron chi connectivity index (χ2n) is 4.42. The molecular formula is C14H18FNO3. The Hall–Kier alpha value is -1.91. The first-order valence-electron chi connectivity index (χ1n) is 6.22. The zero-order valence-corrected chi connectivity index (χ0v) is 10.9. The quantitative estimate of drug-likeness (QED) is 0.794. The van der Waals surface area contributed by atoms with Gasteiger partial charge in [-0.15, -0.1) is 0 Å². The first kappa shape index (κ1) is 15.1. The Morgan fingerprint density at radius 2 is 2.05 bits per heavy atom. The molecule has 0 aromatic heterocycles. The lowest BCUT2D eigenvalue weighted by molar-refractivity contribution is -0.137. The molecule has 19 heavy (non-hydrogen) atoms. The fraction of sp³-hybridized carbons (Fsp3) is 0.429. The number of aliphatic carboxylic acids is 1. The average Bonchev–Trinajstić information content (AvgIpc) is 2.31. The number of hydrogen-bond donors (Lipinski definition) is 2. The number of carboxylic acids is 1. The predicted octanol–water partition coefficient (Wildman–Crippen LogP) is 2.05. The molecule has 0 aliphatic heterocycles. The van der Waals surface area contributed by atoms with Crippen molar-refractivity contribution >= 4 is 11.9 Å². The summed E-state index contributed by atoms with van der Waals surface area (Å²) in [5.41, 5.74) is 1.85. The predicted molar refractivity (Wildman–Crippen MR) is 69.3 cm³/mol. The van der Waals surface area contributed by atoms with Crippen LogP contribution >= 0.6 is 0 Å². The van der Waals surface area contributed by atoms with Crippen molar-refractivity contribution in [1.29, 1.82) is 0 Å². The van der Waals surface area contributed by atoms with Crippen molar-refractivity contribution < 1.29 is 19.1 Å². The van der Waals surface area contributed by atoms with Gasteiger partial charge in [-0.2, -0.15) is 0 Å². The van der Waals surface area contributed by atoms with E-state index < -0.39 is 5.97 Å². The van der Waals surface area contributed by atoms with Crippen LogP contribution in [0.25, 0.3) is 0 Å². The van der Waals surface area contributed by atoms with Crippen molar-refractivity contribution in [1.82, 2.24) is 5.32 Å². The third-order valence-corrected chi connectivity index (χ3v) is 2.82. The van der Waals surface area contributed by atoms with Crippen LogP contribution in [0.15, 0.2) is 18.2 Å². The molecule has 0 heterocycles. The average molecular weight is 267 g/mol. The van der Waals surface area contributed by atoms with Crippen LogP contribution in [0.2, 0.25) is 0 Å². The molecule has 0 saturated carbocycles. The number of hydrogen-bond acceptors (Lipinski definition) is 2. The molecule has 0 radical (unpaired) electrons. The van der Waals surface area contributed by atoms with Crippen LogP contribution in [0, 0.1) is 12.7 Å². The smallest absolute Gasteiger partial charge is 0.303 e. The largest absolute Gasteiger partial charge is 0.481 e. The number of amides is 1. The maximum Gasteiger partial charge on any atom is 0.303 e. The van der Waals surface area contributed by atoms with Crippen molar-refractivity contribution in [3.63, 3.8) is 0 Å². The van der Waals surface area contributed by atoms with Gasteiger partial charge in [0.1, 0.15) is 5.82 Å². The Bertz CT molecular complexity index is 460. The third-order valence-electron chi connectivity index (χ3n) is 2.82. The summed E-state index contributed by atoms with van der Waals surface area (Å²) in [6.07, 6.45) is 1.20. The summed E-state index contributed by atoms with van der Waals surface area (Å²) in [7, 11) is 0. The molecule has 1 amide bonds. The van der Waals surface area contributed by atoms with E-state index in [9.17, 15) is 14.0 Å². The van der Waals surface area contributed by atoms with Gasteiger partial charge in [-0.1, -0.05) is 6.07 Å². The summed E-state index contributed by atoms with van der Waals surface area (Å²) in [5, 5.41) is 11.2. The van der Waals surface area contributed by atoms with E-state index in [1.165, 1.54) is 12.1 Å². The van der Waals surface area contributed by atoms with E-state index in [1.807, 2.05) is 6.92 Å². The highest BCUT2D eigenvalue weighted by Crippen LogP contribution is 2.10. The minimum absolute atomic E-state index is 0.00445. The van der Waals surface area contributed by atoms with Crippen LogP contribution in [-0.4, -0.2) is 23.5 Å². The third kappa shape index (κ3) is 5.99. The highest BCUT2D eigenvalue weighted by atomic mass is 19.1. The van der Waals surface area contributed by atoms with E-state index in [2.05, 4.69) is 5.32 Å². The molecule has 0 aliphatic rings. The highest BCUT2D eigenvalue weighted by Gasteiger charge is 2.04. The Morgan fingerprint density at radius 1 is 1.32 bits per heavy atom. The van der Waals surface area contributed by atoms with Crippen LogP contribution in [0.4, 0.5) is 4.39 Å². The molecule has 2 N–H and O–H groups in total. The van der Waals surface area contributed by atoms with E-state index in [0.29, 0.717) is 19.4 Å². The molecule has 0 saturated heterocycles. The van der Waals surface area contributed by atoms with Crippen molar-refractivity contribution in [2.45, 2.75) is 32.6 Å². The summed E-state index contributed by atoms with van der Waals surface area (Å²) in [4.78, 5) is 21.7. The van der Waals surface area contributed by atoms with Crippen molar-refractivity contribution in [2.75, 3.05) is 6.54 Å². The Labute approximate surface area is 111 Å². The summed E-state index contributed by atoms with van der Waals surface area (Å²) < 4.78 is 12.9. The van der Waals surface area contributed by atoms with Crippen LogP contribution in [0.1, 0.15) is 30.4 Å². The molecule has 0 fully saturated rings. The number of carboxylic acid groups (broad SMARTS) is 1. The zero-order valence-electron chi connectivity index (χ0n) is 10.9. The summed E-state index contributed by atoms with van der Waals surface area (Å²) in [6.45, 7) is 2.30. The van der Waals surface area contributed by atoms with Gasteiger partial charge in [0.15, 0.2) is 0 Å². The van der Waals surface area contributed by atoms with E-state index in [1.54, 1.807) is 6.07 Å². The van der Waals surface area contributed by atoms with Crippen LogP contribution in [-0.2, 0) is 16.0 Å². The molecule has 104 valence electrons. The first-order valence-corrected chi connectivity index (χ1v) is 6.22. The molecular weight excluding hydrogens is 249 g/mol. The summed E-state index contributed by atoms with van der Waals surface area (Å²) in [6, 6.07) is 4.57. The zero-order chi connectivity index (χ0) is 14.3. The summed E-state index contributed by atoms with van der Waals surface area (Å²) in [5.74, 6) is -1.31. The number of nitrogens with one attached hydrogen (secondary N) is 1. The van der Waals surface area contributed by atoms with Gasteiger partial charge in [0.25, 0.3) is 0 Å². The molecule has 0 aliphatic carbocycles. The molecule has 4 nitrogen and oxygen atoms in total. The van der Waals surface area contributed by atoms with Gasteiger partial charge in [-0.25, -0.2) is 4.39 Å². The van der Waals surface area contributed by atoms with E-state index >= 15 is 0 Å². The second kappa shape index (κ2) is 7.51. The SMILES string of the molecule is Cc1cc(F)ccc1CCNC(=O)CCCC(=O)O. The van der Waals surface area contributed by atoms with Gasteiger partial charge in [-0.05, 0) is 43.0 Å². The Balaban J connectivity index is 2.26. The maximum atomic E-state index is 12.9. The Kier molecular flexibility index (Phi) is 5.99. The van der Waals surface area contributed by atoms with Crippen molar-refractivity contribution in [2.24, 2.45) is 0 Å². The minimum Gasteiger partial charge on any atom is -0.481 e. The van der Waals surface area contributed by atoms with Crippen molar-refractivity contribution in [3.8, 4) is 0 Å². The second-order valence-corrected chi connectivity index (χ2v) is 4.42. The van der Waals surface area contributed by atoms with Crippen LogP contribution in [0.5, 0.6) is 0 Å². The maximum absolute atomic E-state index is 12.9. The van der Waals surface area contributed by atoms with Crippen LogP contribution in [0.3, 0.4) is 0 Å². The lowest BCUT2D eigenvalue weighted by Crippen LogP contribution is -2.25. The van der Waals surface area contributed by atoms with E-state index in [-0.39, 0.29) is 24.6 Å². The van der Waals surface area contributed by atoms with Gasteiger partial charge >= 0.3 is 5.97 Å². The molecule has 1 aromatic rings. The van der Waals surface area contributed by atoms with Gasteiger partial charge in [0.05, 0.1) is 0 Å². The fourth-order valence-electron chi connectivity index (χ4n) is 1.76. The Morgan fingerprint density at radius 3 is 2.68 bits per heavy atom. The molecule has 1 rings (SSSR count). The van der Waals surface area contributed by atoms with E-state index in [4.69, 9.17) is 5.11 Å². The number of carbonyl (C=O) groups is 2. The van der Waals surface area contributed by atoms with Gasteiger partial charge in [0, 0.05) is 19.4 Å². The normalized spacial score (nSPS) is 10.2. The number of carbonyl (C=O) groups excluding carboxylic acids is 1. The van der Waals surface area contributed by atoms with Gasteiger partial charge in [0.2, 0.25) is 5.91 Å². The first-order chi connectivity index (χ1) is 8.99. The van der Waals surface area contributed by atoms with Gasteiger partial charge < -0.3 is 10.4 Å². The molecule has 5 heteroatoms. The van der Waals surface area contributed by atoms with E-state index in [0.717, 1.165) is 11.1 Å². The molecule has 1 aromatic carbocycles. The fourth-order valence-corrected chi connectivity index (χ4v) is 1.76. The molecule has 0 atom stereocenters. The number of benzene rings is 1. The molecule has 0 spiro atoms. The van der Waals surface area contributed by atoms with Gasteiger partial charge in [-0.3, -0.25) is 9.59 Å². The molecule has 0 bridgehead atoms. The topological polar surface area (TPSA) is 66.4 Å². The highest BCUT2D eigenvalue weighted by molar-refractivity contribution is 5.76. The lowest BCUT2D eigenvalue weighted by atomic mass is 10.1.